The van der Waals surface area contributed by atoms with Gasteiger partial charge in [-0.25, -0.2) is 4.39 Å². The second-order valence-corrected chi connectivity index (χ2v) is 8.89. The van der Waals surface area contributed by atoms with Gasteiger partial charge in [0, 0.05) is 12.6 Å². The van der Waals surface area contributed by atoms with Crippen LogP contribution in [0.15, 0.2) is 28.6 Å². The molecule has 8 heteroatoms. The summed E-state index contributed by atoms with van der Waals surface area (Å²) in [5.41, 5.74) is 0.364. The fraction of sp³-hybridized carbons (Fsp3) is 0.500. The number of amides is 1. The molecule has 5 nitrogen and oxygen atoms in total. The molecule has 0 saturated carbocycles. The normalized spacial score (nSPS) is 18.6. The number of aromatic nitrogens is 2. The van der Waals surface area contributed by atoms with E-state index in [4.69, 9.17) is 0 Å². The predicted octanol–water partition coefficient (Wildman–Crippen LogP) is 4.69. The van der Waals surface area contributed by atoms with Crippen molar-refractivity contribution in [3.8, 4) is 0 Å². The van der Waals surface area contributed by atoms with Gasteiger partial charge in [0.15, 0.2) is 4.34 Å². The lowest BCUT2D eigenvalue weighted by molar-refractivity contribution is -0.134. The van der Waals surface area contributed by atoms with Crippen LogP contribution < -0.4 is 5.32 Å². The van der Waals surface area contributed by atoms with E-state index in [1.165, 1.54) is 35.6 Å². The zero-order chi connectivity index (χ0) is 18.5. The highest BCUT2D eigenvalue weighted by Gasteiger charge is 2.29. The third-order valence-electron chi connectivity index (χ3n) is 4.53. The molecule has 1 fully saturated rings. The molecular formula is C18H23FN4OS2. The van der Waals surface area contributed by atoms with Crippen LogP contribution in [0.5, 0.6) is 0 Å². The second-order valence-electron chi connectivity index (χ2n) is 6.33. The van der Waals surface area contributed by atoms with Crippen molar-refractivity contribution in [2.45, 2.75) is 55.2 Å². The number of anilines is 2. The molecule has 0 bridgehead atoms. The number of carbonyl (C=O) groups is 1. The van der Waals surface area contributed by atoms with Gasteiger partial charge in [-0.3, -0.25) is 4.79 Å². The minimum atomic E-state index is -0.337. The SMILES string of the molecule is CCC1CCCCN1C(=O)C(C)Sc1nnc(Nc2ccccc2F)s1. The molecule has 2 aromatic rings. The molecule has 0 spiro atoms. The summed E-state index contributed by atoms with van der Waals surface area (Å²) >= 11 is 2.74. The van der Waals surface area contributed by atoms with Gasteiger partial charge in [0.05, 0.1) is 10.9 Å². The highest BCUT2D eigenvalue weighted by molar-refractivity contribution is 8.02. The highest BCUT2D eigenvalue weighted by atomic mass is 32.2. The molecule has 1 aromatic carbocycles. The maximum atomic E-state index is 13.7. The maximum Gasteiger partial charge on any atom is 0.236 e. The number of likely N-dealkylation sites (tertiary alicyclic amines) is 1. The van der Waals surface area contributed by atoms with E-state index >= 15 is 0 Å². The minimum Gasteiger partial charge on any atom is -0.339 e. The number of thioether (sulfide) groups is 1. The molecule has 0 aliphatic carbocycles. The summed E-state index contributed by atoms with van der Waals surface area (Å²) in [5.74, 6) is -0.170. The summed E-state index contributed by atoms with van der Waals surface area (Å²) < 4.78 is 14.4. The Bertz CT molecular complexity index is 754. The fourth-order valence-corrected chi connectivity index (χ4v) is 5.11. The third kappa shape index (κ3) is 4.54. The van der Waals surface area contributed by atoms with Crippen molar-refractivity contribution >= 4 is 39.8 Å². The Labute approximate surface area is 161 Å². The largest absolute Gasteiger partial charge is 0.339 e. The van der Waals surface area contributed by atoms with E-state index in [1.54, 1.807) is 18.2 Å². The lowest BCUT2D eigenvalue weighted by Gasteiger charge is -2.36. The average Bonchev–Trinajstić information content (AvgIpc) is 3.09. The molecule has 2 unspecified atom stereocenters. The van der Waals surface area contributed by atoms with Crippen molar-refractivity contribution < 1.29 is 9.18 Å². The first kappa shape index (κ1) is 19.1. The zero-order valence-electron chi connectivity index (χ0n) is 14.9. The molecule has 1 N–H and O–H groups in total. The Morgan fingerprint density at radius 3 is 3.00 bits per heavy atom. The molecule has 1 aliphatic heterocycles. The van der Waals surface area contributed by atoms with E-state index in [0.29, 0.717) is 21.2 Å². The van der Waals surface area contributed by atoms with Crippen LogP contribution in [0.25, 0.3) is 0 Å². The number of nitrogens with zero attached hydrogens (tertiary/aromatic N) is 3. The van der Waals surface area contributed by atoms with Gasteiger partial charge in [-0.05, 0) is 44.7 Å². The molecular weight excluding hydrogens is 371 g/mol. The molecule has 1 aliphatic rings. The van der Waals surface area contributed by atoms with Crippen LogP contribution in [0.3, 0.4) is 0 Å². The van der Waals surface area contributed by atoms with Crippen LogP contribution in [0.1, 0.15) is 39.5 Å². The van der Waals surface area contributed by atoms with E-state index in [-0.39, 0.29) is 17.0 Å². The van der Waals surface area contributed by atoms with Crippen molar-refractivity contribution in [1.82, 2.24) is 15.1 Å². The van der Waals surface area contributed by atoms with Crippen molar-refractivity contribution in [1.29, 1.82) is 0 Å². The fourth-order valence-electron chi connectivity index (χ4n) is 3.14. The summed E-state index contributed by atoms with van der Waals surface area (Å²) in [6.45, 7) is 4.90. The highest BCUT2D eigenvalue weighted by Crippen LogP contribution is 2.32. The number of halogens is 1. The molecule has 0 radical (unpaired) electrons. The van der Waals surface area contributed by atoms with Gasteiger partial charge in [0.1, 0.15) is 5.82 Å². The predicted molar refractivity (Wildman–Crippen MR) is 105 cm³/mol. The molecule has 1 aromatic heterocycles. The lowest BCUT2D eigenvalue weighted by Crippen LogP contribution is -2.46. The molecule has 2 heterocycles. The molecule has 1 saturated heterocycles. The van der Waals surface area contributed by atoms with Crippen molar-refractivity contribution in [3.05, 3.63) is 30.1 Å². The Morgan fingerprint density at radius 2 is 2.23 bits per heavy atom. The number of para-hydroxylation sites is 1. The second kappa shape index (κ2) is 8.81. The van der Waals surface area contributed by atoms with E-state index in [1.807, 2.05) is 11.8 Å². The van der Waals surface area contributed by atoms with Gasteiger partial charge in [0.2, 0.25) is 11.0 Å². The first-order chi connectivity index (χ1) is 12.6. The van der Waals surface area contributed by atoms with Crippen LogP contribution in [0, 0.1) is 5.82 Å². The Morgan fingerprint density at radius 1 is 1.42 bits per heavy atom. The summed E-state index contributed by atoms with van der Waals surface area (Å²) in [5, 5.41) is 11.4. The minimum absolute atomic E-state index is 0.167. The Kier molecular flexibility index (Phi) is 6.48. The number of benzene rings is 1. The first-order valence-corrected chi connectivity index (χ1v) is 10.6. The Hall–Kier alpha value is -1.67. The Balaban J connectivity index is 1.61. The van der Waals surface area contributed by atoms with Crippen LogP contribution >= 0.6 is 23.1 Å². The number of hydrogen-bond donors (Lipinski definition) is 1. The van der Waals surface area contributed by atoms with Gasteiger partial charge in [-0.2, -0.15) is 0 Å². The van der Waals surface area contributed by atoms with E-state index in [0.717, 1.165) is 25.8 Å². The smallest absolute Gasteiger partial charge is 0.236 e. The number of hydrogen-bond acceptors (Lipinski definition) is 6. The van der Waals surface area contributed by atoms with Gasteiger partial charge in [-0.15, -0.1) is 10.2 Å². The van der Waals surface area contributed by atoms with Crippen molar-refractivity contribution in [2.75, 3.05) is 11.9 Å². The summed E-state index contributed by atoms with van der Waals surface area (Å²) in [7, 11) is 0. The standard InChI is InChI=1S/C18H23FN4OS2/c1-3-13-8-6-7-11-23(13)16(24)12(2)25-18-22-21-17(26-18)20-15-10-5-4-9-14(15)19/h4-5,9-10,12-13H,3,6-8,11H2,1-2H3,(H,20,21). The van der Waals surface area contributed by atoms with Crippen molar-refractivity contribution in [2.24, 2.45) is 0 Å². The van der Waals surface area contributed by atoms with Crippen molar-refractivity contribution in [3.63, 3.8) is 0 Å². The molecule has 26 heavy (non-hydrogen) atoms. The number of nitrogens with one attached hydrogen (secondary N) is 1. The van der Waals surface area contributed by atoms with Gasteiger partial charge >= 0.3 is 0 Å². The van der Waals surface area contributed by atoms with E-state index in [9.17, 15) is 9.18 Å². The summed E-state index contributed by atoms with van der Waals surface area (Å²) in [6, 6.07) is 6.79. The quantitative estimate of drug-likeness (QED) is 0.720. The molecule has 3 rings (SSSR count). The van der Waals surface area contributed by atoms with Gasteiger partial charge < -0.3 is 10.2 Å². The van der Waals surface area contributed by atoms with Crippen LogP contribution in [-0.4, -0.2) is 38.8 Å². The van der Waals surface area contributed by atoms with Crippen LogP contribution in [0.4, 0.5) is 15.2 Å². The summed E-state index contributed by atoms with van der Waals surface area (Å²) in [4.78, 5) is 14.8. The molecule has 2 atom stereocenters. The molecule has 140 valence electrons. The number of piperidine rings is 1. The number of rotatable bonds is 6. The number of carbonyl (C=O) groups excluding carboxylic acids is 1. The monoisotopic (exact) mass is 394 g/mol. The van der Waals surface area contributed by atoms with Gasteiger partial charge in [-0.1, -0.05) is 42.2 Å². The topological polar surface area (TPSA) is 58.1 Å². The lowest BCUT2D eigenvalue weighted by atomic mass is 10.00. The third-order valence-corrected chi connectivity index (χ3v) is 6.54. The zero-order valence-corrected chi connectivity index (χ0v) is 16.6. The molecule has 1 amide bonds. The maximum absolute atomic E-state index is 13.7. The van der Waals surface area contributed by atoms with E-state index in [2.05, 4.69) is 22.4 Å². The first-order valence-electron chi connectivity index (χ1n) is 8.90. The van der Waals surface area contributed by atoms with Crippen LogP contribution in [-0.2, 0) is 4.79 Å². The summed E-state index contributed by atoms with van der Waals surface area (Å²) in [6.07, 6.45) is 4.37. The average molecular weight is 395 g/mol. The van der Waals surface area contributed by atoms with Crippen LogP contribution in [0.2, 0.25) is 0 Å². The van der Waals surface area contributed by atoms with Gasteiger partial charge in [0.25, 0.3) is 0 Å². The van der Waals surface area contributed by atoms with E-state index < -0.39 is 0 Å².